The molecule has 1 saturated heterocycles. The van der Waals surface area contributed by atoms with Crippen molar-refractivity contribution in [3.63, 3.8) is 0 Å². The van der Waals surface area contributed by atoms with Gasteiger partial charge in [-0.05, 0) is 0 Å². The second-order valence-corrected chi connectivity index (χ2v) is 11.7. The van der Waals surface area contributed by atoms with E-state index in [-0.39, 0.29) is 23.6 Å². The van der Waals surface area contributed by atoms with E-state index in [1.54, 1.807) is 0 Å². The van der Waals surface area contributed by atoms with Crippen molar-refractivity contribution in [2.75, 3.05) is 0 Å². The molecule has 1 aliphatic heterocycles. The number of fused-ring (bicyclic) bond motifs is 1. The van der Waals surface area contributed by atoms with E-state index in [0.29, 0.717) is 15.0 Å². The van der Waals surface area contributed by atoms with E-state index in [4.69, 9.17) is 9.31 Å². The van der Waals surface area contributed by atoms with Gasteiger partial charge in [-0.1, -0.05) is 0 Å². The van der Waals surface area contributed by atoms with Gasteiger partial charge in [0.1, 0.15) is 0 Å². The molecule has 0 spiro atoms. The molecule has 0 saturated carbocycles. The molecule has 0 radical (unpaired) electrons. The van der Waals surface area contributed by atoms with Crippen LogP contribution in [0.1, 0.15) is 60.8 Å². The number of hydrogen-bond acceptors (Lipinski definition) is 2. The first-order valence-electron chi connectivity index (χ1n) is 10.1. The molecule has 0 N–H and O–H groups in total. The monoisotopic (exact) mass is 432 g/mol. The van der Waals surface area contributed by atoms with E-state index in [0.717, 1.165) is 6.42 Å². The van der Waals surface area contributed by atoms with Crippen molar-refractivity contribution in [2.24, 2.45) is 0 Å². The summed E-state index contributed by atoms with van der Waals surface area (Å²) in [6.45, 7) is 13.1. The van der Waals surface area contributed by atoms with Crippen LogP contribution in [-0.4, -0.2) is 33.3 Å². The summed E-state index contributed by atoms with van der Waals surface area (Å²) in [5.74, 6) is 0. The van der Waals surface area contributed by atoms with Crippen LogP contribution in [0.5, 0.6) is 0 Å². The zero-order chi connectivity index (χ0) is 19.7. The predicted molar refractivity (Wildman–Crippen MR) is 118 cm³/mol. The molecular formula is C23H33BO2Se. The number of unbranched alkanes of at least 4 members (excludes halogenated alkanes) is 1. The maximum absolute atomic E-state index is 6.29. The van der Waals surface area contributed by atoms with E-state index in [1.165, 1.54) is 33.4 Å². The van der Waals surface area contributed by atoms with Gasteiger partial charge in [0.15, 0.2) is 0 Å². The quantitative estimate of drug-likeness (QED) is 0.418. The molecule has 4 heteroatoms. The average Bonchev–Trinajstić information content (AvgIpc) is 2.83. The van der Waals surface area contributed by atoms with Crippen molar-refractivity contribution in [1.29, 1.82) is 0 Å². The molecule has 0 amide bonds. The van der Waals surface area contributed by atoms with E-state index in [9.17, 15) is 0 Å². The summed E-state index contributed by atoms with van der Waals surface area (Å²) in [7, 11) is -0.119. The first kappa shape index (κ1) is 20.9. The first-order valence-corrected chi connectivity index (χ1v) is 12.2. The van der Waals surface area contributed by atoms with Crippen molar-refractivity contribution in [3.05, 3.63) is 42.5 Å². The molecule has 146 valence electrons. The van der Waals surface area contributed by atoms with Crippen molar-refractivity contribution in [3.8, 4) is 0 Å². The van der Waals surface area contributed by atoms with Crippen molar-refractivity contribution in [1.82, 2.24) is 0 Å². The number of benzene rings is 2. The Balaban J connectivity index is 1.48. The van der Waals surface area contributed by atoms with Crippen LogP contribution >= 0.6 is 0 Å². The third kappa shape index (κ3) is 4.62. The van der Waals surface area contributed by atoms with Crippen LogP contribution in [0.4, 0.5) is 0 Å². The number of hydrogen-bond donors (Lipinski definition) is 0. The fourth-order valence-corrected chi connectivity index (χ4v) is 5.74. The van der Waals surface area contributed by atoms with E-state index < -0.39 is 0 Å². The minimum absolute atomic E-state index is 0.0392. The van der Waals surface area contributed by atoms with Gasteiger partial charge in [0.2, 0.25) is 0 Å². The zero-order valence-corrected chi connectivity index (χ0v) is 19.4. The molecular weight excluding hydrogens is 398 g/mol. The normalized spacial score (nSPS) is 19.0. The Morgan fingerprint density at radius 1 is 0.889 bits per heavy atom. The summed E-state index contributed by atoms with van der Waals surface area (Å²) < 4.78 is 14.1. The van der Waals surface area contributed by atoms with Crippen LogP contribution in [0.15, 0.2) is 42.5 Å². The molecule has 0 aromatic heterocycles. The summed E-state index contributed by atoms with van der Waals surface area (Å²) in [5.41, 5.74) is -0.487. The molecule has 0 unspecified atom stereocenters. The molecule has 2 nitrogen and oxygen atoms in total. The Bertz CT molecular complexity index is 764. The average molecular weight is 431 g/mol. The van der Waals surface area contributed by atoms with Crippen molar-refractivity contribution >= 4 is 37.3 Å². The molecule has 1 aliphatic rings. The zero-order valence-electron chi connectivity index (χ0n) is 17.7. The summed E-state index contributed by atoms with van der Waals surface area (Å²) in [6.07, 6.45) is 3.63. The Morgan fingerprint density at radius 2 is 1.52 bits per heavy atom. The second-order valence-electron chi connectivity index (χ2n) is 9.36. The first-order chi connectivity index (χ1) is 12.6. The topological polar surface area (TPSA) is 18.5 Å². The van der Waals surface area contributed by atoms with E-state index >= 15 is 0 Å². The Labute approximate surface area is 171 Å². The van der Waals surface area contributed by atoms with Crippen LogP contribution in [0, 0.1) is 0 Å². The molecule has 0 bridgehead atoms. The maximum atomic E-state index is 6.29. The van der Waals surface area contributed by atoms with Gasteiger partial charge in [-0.15, -0.1) is 0 Å². The van der Waals surface area contributed by atoms with E-state index in [2.05, 4.69) is 84.0 Å². The van der Waals surface area contributed by atoms with Crippen LogP contribution in [0.2, 0.25) is 10.6 Å². The molecule has 1 heterocycles. The summed E-state index contributed by atoms with van der Waals surface area (Å²) in [6, 6.07) is 15.4. The van der Waals surface area contributed by atoms with Crippen LogP contribution in [0.25, 0.3) is 10.8 Å². The van der Waals surface area contributed by atoms with Gasteiger partial charge < -0.3 is 0 Å². The minimum atomic E-state index is -0.244. The van der Waals surface area contributed by atoms with Gasteiger partial charge in [0, 0.05) is 0 Å². The molecule has 27 heavy (non-hydrogen) atoms. The van der Waals surface area contributed by atoms with Crippen LogP contribution < -0.4 is 4.46 Å². The standard InChI is InChI=1S/C23H33BO2Se/c1-21(2,24-25-22(3,4)23(5,6)26-24)16-9-10-17-27-20-15-11-13-18-12-7-8-14-19(18)20/h7-8,11-15H,9-10,16-17H2,1-6H3. The molecule has 0 atom stereocenters. The second kappa shape index (κ2) is 7.91. The van der Waals surface area contributed by atoms with Gasteiger partial charge in [-0.3, -0.25) is 0 Å². The van der Waals surface area contributed by atoms with Crippen LogP contribution in [-0.2, 0) is 9.31 Å². The van der Waals surface area contributed by atoms with Crippen LogP contribution in [0.3, 0.4) is 0 Å². The third-order valence-electron chi connectivity index (χ3n) is 6.11. The summed E-state index contributed by atoms with van der Waals surface area (Å²) in [5, 5.41) is 4.12. The van der Waals surface area contributed by atoms with Gasteiger partial charge in [0.05, 0.1) is 0 Å². The molecule has 1 fully saturated rings. The van der Waals surface area contributed by atoms with Gasteiger partial charge in [-0.2, -0.15) is 0 Å². The van der Waals surface area contributed by atoms with Gasteiger partial charge >= 0.3 is 172 Å². The summed E-state index contributed by atoms with van der Waals surface area (Å²) in [4.78, 5) is 0. The van der Waals surface area contributed by atoms with E-state index in [1.807, 2.05) is 0 Å². The van der Waals surface area contributed by atoms with Gasteiger partial charge in [0.25, 0.3) is 0 Å². The molecule has 2 aromatic carbocycles. The Hall–Kier alpha value is -0.796. The molecule has 3 rings (SSSR count). The third-order valence-corrected chi connectivity index (χ3v) is 8.55. The predicted octanol–water partition coefficient (Wildman–Crippen LogP) is 5.63. The van der Waals surface area contributed by atoms with Crippen molar-refractivity contribution < 1.29 is 9.31 Å². The Morgan fingerprint density at radius 3 is 2.22 bits per heavy atom. The fraction of sp³-hybridized carbons (Fsp3) is 0.565. The number of rotatable bonds is 7. The Kier molecular flexibility index (Phi) is 6.13. The van der Waals surface area contributed by atoms with Gasteiger partial charge in [-0.25, -0.2) is 0 Å². The fourth-order valence-electron chi connectivity index (χ4n) is 3.47. The summed E-state index contributed by atoms with van der Waals surface area (Å²) >= 11 is 0.537. The molecule has 0 aliphatic carbocycles. The van der Waals surface area contributed by atoms with Crippen molar-refractivity contribution in [2.45, 2.75) is 82.6 Å². The molecule has 2 aromatic rings. The SMILES string of the molecule is CC(C)(CCCC[Se]c1cccc2ccccc12)B1OC(C)(C)C(C)(C)O1.